The van der Waals surface area contributed by atoms with E-state index in [1.165, 1.54) is 11.8 Å². The lowest BCUT2D eigenvalue weighted by molar-refractivity contribution is 0.0178. The van der Waals surface area contributed by atoms with Crippen LogP contribution in [0.25, 0.3) is 10.2 Å². The van der Waals surface area contributed by atoms with Gasteiger partial charge in [0, 0.05) is 60.6 Å². The number of nitrogens with zero attached hydrogens (tertiary/aromatic N) is 5. The summed E-state index contributed by atoms with van der Waals surface area (Å²) in [6.45, 7) is 3.07. The van der Waals surface area contributed by atoms with Crippen LogP contribution >= 0.6 is 34.7 Å². The SMILES string of the molecule is C#CCC(c1cc2ncc(C#N)c(Nc3ccc(Sc4nccn4C)c(Cl)c3)c2s1)N1CCOCC1. The summed E-state index contributed by atoms with van der Waals surface area (Å²) in [7, 11) is 1.94. The third-order valence-electron chi connectivity index (χ3n) is 5.99. The van der Waals surface area contributed by atoms with Crippen LogP contribution in [0.3, 0.4) is 0 Å². The van der Waals surface area contributed by atoms with Gasteiger partial charge in [-0.25, -0.2) is 4.98 Å². The molecule has 7 nitrogen and oxygen atoms in total. The van der Waals surface area contributed by atoms with Gasteiger partial charge in [-0.05, 0) is 24.3 Å². The van der Waals surface area contributed by atoms with Crippen LogP contribution in [-0.2, 0) is 11.8 Å². The van der Waals surface area contributed by atoms with Crippen molar-refractivity contribution >= 4 is 56.3 Å². The number of aromatic nitrogens is 3. The van der Waals surface area contributed by atoms with Crippen LogP contribution in [-0.4, -0.2) is 45.7 Å². The topological polar surface area (TPSA) is 79.0 Å². The van der Waals surface area contributed by atoms with Gasteiger partial charge in [-0.15, -0.1) is 23.7 Å². The van der Waals surface area contributed by atoms with Crippen molar-refractivity contribution in [3.63, 3.8) is 0 Å². The van der Waals surface area contributed by atoms with Crippen LogP contribution in [0, 0.1) is 23.7 Å². The van der Waals surface area contributed by atoms with Gasteiger partial charge in [-0.1, -0.05) is 23.4 Å². The van der Waals surface area contributed by atoms with Crippen LogP contribution in [0.5, 0.6) is 0 Å². The summed E-state index contributed by atoms with van der Waals surface area (Å²) in [6.07, 6.45) is 11.6. The van der Waals surface area contributed by atoms with Gasteiger partial charge < -0.3 is 14.6 Å². The number of imidazole rings is 1. The van der Waals surface area contributed by atoms with Crippen LogP contribution in [0.4, 0.5) is 11.4 Å². The largest absolute Gasteiger partial charge is 0.379 e. The van der Waals surface area contributed by atoms with Gasteiger partial charge in [0.2, 0.25) is 0 Å². The number of hydrogen-bond acceptors (Lipinski definition) is 8. The second-order valence-corrected chi connectivity index (χ2v) is 10.8. The molecule has 0 radical (unpaired) electrons. The average Bonchev–Trinajstić information content (AvgIpc) is 3.51. The second kappa shape index (κ2) is 10.9. The molecule has 1 aliphatic heterocycles. The summed E-state index contributed by atoms with van der Waals surface area (Å²) in [6, 6.07) is 10.2. The first-order valence-electron chi connectivity index (χ1n) is 11.4. The highest BCUT2D eigenvalue weighted by atomic mass is 35.5. The summed E-state index contributed by atoms with van der Waals surface area (Å²) >= 11 is 9.74. The van der Waals surface area contributed by atoms with Gasteiger partial charge in [-0.3, -0.25) is 9.88 Å². The molecule has 1 fully saturated rings. The highest BCUT2D eigenvalue weighted by Crippen LogP contribution is 2.41. The molecular weight excluding hydrogens is 512 g/mol. The molecule has 1 saturated heterocycles. The summed E-state index contributed by atoms with van der Waals surface area (Å²) in [4.78, 5) is 13.3. The Morgan fingerprint density at radius 1 is 1.31 bits per heavy atom. The van der Waals surface area contributed by atoms with Crippen molar-refractivity contribution in [2.45, 2.75) is 22.5 Å². The Kier molecular flexibility index (Phi) is 7.47. The molecule has 4 aromatic rings. The Morgan fingerprint density at radius 3 is 2.83 bits per heavy atom. The lowest BCUT2D eigenvalue weighted by atomic mass is 10.1. The van der Waals surface area contributed by atoms with Crippen molar-refractivity contribution in [1.29, 1.82) is 5.26 Å². The molecule has 0 saturated carbocycles. The Hall–Kier alpha value is -3.05. The number of pyridine rings is 1. The van der Waals surface area contributed by atoms with Gasteiger partial charge in [-0.2, -0.15) is 5.26 Å². The molecular formula is C26H23ClN6OS2. The Labute approximate surface area is 223 Å². The number of benzene rings is 1. The third kappa shape index (κ3) is 5.08. The van der Waals surface area contributed by atoms with Gasteiger partial charge in [0.05, 0.1) is 45.7 Å². The van der Waals surface area contributed by atoms with Crippen molar-refractivity contribution in [1.82, 2.24) is 19.4 Å². The number of anilines is 2. The predicted molar refractivity (Wildman–Crippen MR) is 145 cm³/mol. The fraction of sp³-hybridized carbons (Fsp3) is 0.269. The van der Waals surface area contributed by atoms with Crippen LogP contribution < -0.4 is 5.32 Å². The number of terminal acetylenes is 1. The number of ether oxygens (including phenoxy) is 1. The van der Waals surface area contributed by atoms with E-state index in [1.807, 2.05) is 36.0 Å². The van der Waals surface area contributed by atoms with Crippen molar-refractivity contribution in [3.05, 3.63) is 58.3 Å². The quantitative estimate of drug-likeness (QED) is 0.298. The molecule has 1 unspecified atom stereocenters. The minimum Gasteiger partial charge on any atom is -0.379 e. The fourth-order valence-corrected chi connectivity index (χ4v) is 6.49. The van der Waals surface area contributed by atoms with Crippen LogP contribution in [0.15, 0.2) is 52.9 Å². The van der Waals surface area contributed by atoms with E-state index in [9.17, 15) is 5.26 Å². The van der Waals surface area contributed by atoms with Gasteiger partial charge in [0.15, 0.2) is 5.16 Å². The normalized spacial score (nSPS) is 14.9. The lowest BCUT2D eigenvalue weighted by Crippen LogP contribution is -2.38. The summed E-state index contributed by atoms with van der Waals surface area (Å²) in [5.74, 6) is 2.83. The molecule has 5 rings (SSSR count). The van der Waals surface area contributed by atoms with E-state index in [-0.39, 0.29) is 6.04 Å². The first-order chi connectivity index (χ1) is 17.6. The smallest absolute Gasteiger partial charge is 0.172 e. The lowest BCUT2D eigenvalue weighted by Gasteiger charge is -2.33. The second-order valence-electron chi connectivity index (χ2n) is 8.29. The highest BCUT2D eigenvalue weighted by molar-refractivity contribution is 7.99. The molecule has 4 heterocycles. The van der Waals surface area contributed by atoms with E-state index >= 15 is 0 Å². The third-order valence-corrected chi connectivity index (χ3v) is 8.81. The minimum atomic E-state index is 0.0911. The van der Waals surface area contributed by atoms with Crippen molar-refractivity contribution < 1.29 is 4.74 Å². The van der Waals surface area contributed by atoms with Gasteiger partial charge in [0.25, 0.3) is 0 Å². The number of aryl methyl sites for hydroxylation is 1. The Balaban J connectivity index is 1.47. The number of hydrogen-bond donors (Lipinski definition) is 1. The maximum atomic E-state index is 9.82. The zero-order chi connectivity index (χ0) is 25.1. The molecule has 3 aromatic heterocycles. The van der Waals surface area contributed by atoms with E-state index in [1.54, 1.807) is 23.7 Å². The van der Waals surface area contributed by atoms with E-state index in [0.717, 1.165) is 49.6 Å². The maximum Gasteiger partial charge on any atom is 0.172 e. The molecule has 10 heteroatoms. The van der Waals surface area contributed by atoms with E-state index in [0.29, 0.717) is 30.2 Å². The molecule has 182 valence electrons. The fourth-order valence-electron chi connectivity index (χ4n) is 4.13. The zero-order valence-electron chi connectivity index (χ0n) is 19.6. The average molecular weight is 535 g/mol. The Morgan fingerprint density at radius 2 is 2.14 bits per heavy atom. The first-order valence-corrected chi connectivity index (χ1v) is 13.4. The summed E-state index contributed by atoms with van der Waals surface area (Å²) in [5.41, 5.74) is 2.82. The first kappa shape index (κ1) is 24.6. The molecule has 1 atom stereocenters. The maximum absolute atomic E-state index is 9.82. The number of thiophene rings is 1. The summed E-state index contributed by atoms with van der Waals surface area (Å²) in [5, 5.41) is 14.7. The Bertz CT molecular complexity index is 1480. The minimum absolute atomic E-state index is 0.0911. The molecule has 0 aliphatic carbocycles. The van der Waals surface area contributed by atoms with Crippen LogP contribution in [0.1, 0.15) is 22.9 Å². The number of rotatable bonds is 7. The summed E-state index contributed by atoms with van der Waals surface area (Å²) < 4.78 is 8.39. The van der Waals surface area contributed by atoms with Gasteiger partial charge >= 0.3 is 0 Å². The zero-order valence-corrected chi connectivity index (χ0v) is 22.0. The number of nitrogens with one attached hydrogen (secondary N) is 1. The van der Waals surface area contributed by atoms with E-state index in [2.05, 4.69) is 38.2 Å². The number of morpholine rings is 1. The van der Waals surface area contributed by atoms with Crippen LogP contribution in [0.2, 0.25) is 5.02 Å². The number of halogens is 1. The molecule has 0 spiro atoms. The molecule has 0 amide bonds. The molecule has 0 bridgehead atoms. The van der Waals surface area contributed by atoms with Crippen molar-refractivity contribution in [2.24, 2.45) is 7.05 Å². The molecule has 1 aromatic carbocycles. The van der Waals surface area contributed by atoms with Crippen molar-refractivity contribution in [3.8, 4) is 18.4 Å². The van der Waals surface area contributed by atoms with E-state index < -0.39 is 0 Å². The number of nitriles is 1. The highest BCUT2D eigenvalue weighted by Gasteiger charge is 2.25. The monoisotopic (exact) mass is 534 g/mol. The van der Waals surface area contributed by atoms with Gasteiger partial charge in [0.1, 0.15) is 6.07 Å². The standard InChI is InChI=1S/C26H23ClN6OS2/c1-3-4-21(33-9-11-34-12-10-33)23-14-20-25(35-23)24(17(15-28)16-30-20)31-18-5-6-22(19(27)13-18)36-26-29-7-8-32(26)2/h1,5-8,13-14,16,21H,4,9-12H2,2H3,(H,30,31). The number of fused-ring (bicyclic) bond motifs is 1. The molecule has 1 N–H and O–H groups in total. The van der Waals surface area contributed by atoms with E-state index in [4.69, 9.17) is 22.8 Å². The predicted octanol–water partition coefficient (Wildman–Crippen LogP) is 5.85. The van der Waals surface area contributed by atoms with Crippen molar-refractivity contribution in [2.75, 3.05) is 31.6 Å². The molecule has 36 heavy (non-hydrogen) atoms. The molecule has 1 aliphatic rings.